The number of amides is 2. The number of aromatic nitrogens is 1. The van der Waals surface area contributed by atoms with Gasteiger partial charge in [0, 0.05) is 53.5 Å². The predicted molar refractivity (Wildman–Crippen MR) is 150 cm³/mol. The van der Waals surface area contributed by atoms with E-state index in [1.807, 2.05) is 0 Å². The fraction of sp³-hybridized carbons (Fsp3) is 0.367. The van der Waals surface area contributed by atoms with E-state index in [9.17, 15) is 27.6 Å². The summed E-state index contributed by atoms with van der Waals surface area (Å²) in [6.07, 6.45) is -3.38. The number of carbonyl (C=O) groups is 2. The van der Waals surface area contributed by atoms with Gasteiger partial charge in [-0.3, -0.25) is 14.4 Å². The number of benzene rings is 2. The maximum absolute atomic E-state index is 13.8. The Morgan fingerprint density at radius 3 is 2.45 bits per heavy atom. The zero-order valence-corrected chi connectivity index (χ0v) is 23.2. The third kappa shape index (κ3) is 6.69. The van der Waals surface area contributed by atoms with E-state index in [0.717, 1.165) is 12.8 Å². The number of nitrogens with two attached hydrogens (primary N) is 1. The Balaban J connectivity index is 1.55. The minimum absolute atomic E-state index is 0.165. The molecule has 2 aliphatic heterocycles. The maximum atomic E-state index is 13.8. The van der Waals surface area contributed by atoms with Crippen LogP contribution in [0.15, 0.2) is 59.5 Å². The average Bonchev–Trinajstić information content (AvgIpc) is 2.94. The van der Waals surface area contributed by atoms with Crippen LogP contribution in [0.1, 0.15) is 53.2 Å². The average molecular weight is 604 g/mol. The number of primary amides is 1. The summed E-state index contributed by atoms with van der Waals surface area (Å²) in [5, 5.41) is 3.08. The van der Waals surface area contributed by atoms with Gasteiger partial charge in [-0.15, -0.1) is 0 Å². The van der Waals surface area contributed by atoms with E-state index in [0.29, 0.717) is 46.0 Å². The van der Waals surface area contributed by atoms with E-state index in [1.165, 1.54) is 59.3 Å². The highest BCUT2D eigenvalue weighted by atomic mass is 35.5. The highest BCUT2D eigenvalue weighted by Crippen LogP contribution is 2.37. The van der Waals surface area contributed by atoms with Crippen LogP contribution >= 0.6 is 11.6 Å². The lowest BCUT2D eigenvalue weighted by Crippen LogP contribution is -2.37. The van der Waals surface area contributed by atoms with Gasteiger partial charge in [-0.25, -0.2) is 0 Å². The first-order chi connectivity index (χ1) is 20.0. The van der Waals surface area contributed by atoms with Gasteiger partial charge in [-0.05, 0) is 72.4 Å². The molecule has 0 radical (unpaired) electrons. The minimum Gasteiger partial charge on any atom is -0.378 e. The number of carbonyl (C=O) groups excluding carboxylic acids is 2. The Morgan fingerprint density at radius 2 is 1.79 bits per heavy atom. The zero-order chi connectivity index (χ0) is 30.0. The molecule has 0 spiro atoms. The van der Waals surface area contributed by atoms with Gasteiger partial charge >= 0.3 is 6.18 Å². The van der Waals surface area contributed by atoms with Gasteiger partial charge in [-0.2, -0.15) is 13.2 Å². The molecule has 0 saturated carbocycles. The topological polar surface area (TPSA) is 113 Å². The van der Waals surface area contributed by atoms with E-state index in [4.69, 9.17) is 26.8 Å². The van der Waals surface area contributed by atoms with Gasteiger partial charge in [0.2, 0.25) is 11.8 Å². The Bertz CT molecular complexity index is 1530. The number of pyridine rings is 1. The molecule has 5 rings (SSSR count). The number of hydrogen-bond donors (Lipinski definition) is 2. The first-order valence-electron chi connectivity index (χ1n) is 13.5. The van der Waals surface area contributed by atoms with Crippen LogP contribution in [0.2, 0.25) is 5.02 Å². The lowest BCUT2D eigenvalue weighted by atomic mass is 9.92. The summed E-state index contributed by atoms with van der Waals surface area (Å²) in [6.45, 7) is 0.0888. The third-order valence-corrected chi connectivity index (χ3v) is 7.81. The fourth-order valence-corrected chi connectivity index (χ4v) is 5.54. The molecule has 2 unspecified atom stereocenters. The number of ether oxygens (including phenoxy) is 2. The summed E-state index contributed by atoms with van der Waals surface area (Å²) < 4.78 is 53.9. The first-order valence-corrected chi connectivity index (χ1v) is 13.9. The summed E-state index contributed by atoms with van der Waals surface area (Å²) in [4.78, 5) is 38.7. The molecule has 42 heavy (non-hydrogen) atoms. The molecule has 1 saturated heterocycles. The van der Waals surface area contributed by atoms with Crippen LogP contribution in [0.5, 0.6) is 0 Å². The van der Waals surface area contributed by atoms with Crippen LogP contribution < -0.4 is 16.6 Å². The zero-order valence-electron chi connectivity index (χ0n) is 22.5. The number of rotatable bonds is 6. The number of nitrogens with one attached hydrogen (secondary N) is 1. The van der Waals surface area contributed by atoms with Crippen LogP contribution in [0, 0.1) is 0 Å². The van der Waals surface area contributed by atoms with Crippen molar-refractivity contribution in [2.24, 2.45) is 5.73 Å². The minimum atomic E-state index is -4.62. The van der Waals surface area contributed by atoms with Crippen molar-refractivity contribution in [1.29, 1.82) is 0 Å². The summed E-state index contributed by atoms with van der Waals surface area (Å²) in [7, 11) is 0. The summed E-state index contributed by atoms with van der Waals surface area (Å²) in [6, 6.07) is 10.8. The fourth-order valence-electron chi connectivity index (χ4n) is 5.37. The van der Waals surface area contributed by atoms with Crippen molar-refractivity contribution in [2.75, 3.05) is 11.9 Å². The van der Waals surface area contributed by atoms with Gasteiger partial charge in [0.1, 0.15) is 6.04 Å². The van der Waals surface area contributed by atoms with Gasteiger partial charge in [-0.1, -0.05) is 17.7 Å². The van der Waals surface area contributed by atoms with Crippen LogP contribution in [-0.2, 0) is 27.3 Å². The second-order valence-electron chi connectivity index (χ2n) is 10.5. The normalized spacial score (nSPS) is 19.5. The molecule has 2 aromatic carbocycles. The third-order valence-electron chi connectivity index (χ3n) is 7.57. The van der Waals surface area contributed by atoms with Gasteiger partial charge < -0.3 is 25.1 Å². The van der Waals surface area contributed by atoms with Crippen molar-refractivity contribution >= 4 is 29.1 Å². The van der Waals surface area contributed by atoms with Crippen LogP contribution in [0.25, 0.3) is 11.1 Å². The van der Waals surface area contributed by atoms with Crippen molar-refractivity contribution < 1.29 is 32.2 Å². The SMILES string of the molecule is NC(=O)c1ccc(NC(=O)C(C[C@@H]2CCCCO2)n2cc3c(cc2=O)-c2cc(Cl)ccc2CC(C(F)(F)F)OC3)cc1. The highest BCUT2D eigenvalue weighted by molar-refractivity contribution is 6.30. The molecular weight excluding hydrogens is 575 g/mol. The van der Waals surface area contributed by atoms with Gasteiger partial charge in [0.05, 0.1) is 12.7 Å². The number of hydrogen-bond acceptors (Lipinski definition) is 5. The summed E-state index contributed by atoms with van der Waals surface area (Å²) in [5.41, 5.74) is 6.86. The molecule has 2 amide bonds. The Hall–Kier alpha value is -3.67. The second kappa shape index (κ2) is 12.3. The molecule has 8 nitrogen and oxygen atoms in total. The highest BCUT2D eigenvalue weighted by Gasteiger charge is 2.42. The molecule has 0 aliphatic carbocycles. The molecule has 1 fully saturated rings. The van der Waals surface area contributed by atoms with Crippen molar-refractivity contribution in [2.45, 2.75) is 63.1 Å². The molecule has 12 heteroatoms. The van der Waals surface area contributed by atoms with E-state index in [-0.39, 0.29) is 18.1 Å². The quantitative estimate of drug-likeness (QED) is 0.391. The molecule has 2 aliphatic rings. The summed E-state index contributed by atoms with van der Waals surface area (Å²) in [5.74, 6) is -1.15. The van der Waals surface area contributed by atoms with E-state index in [1.54, 1.807) is 0 Å². The standard InChI is InChI=1S/C30H29ClF3N3O5/c31-20-7-4-18-11-26(30(32,33)34)42-16-19-15-37(27(38)14-24(19)23(18)12-20)25(13-22-3-1-2-10-41-22)29(40)36-21-8-5-17(6-9-21)28(35)39/h4-9,12,14-15,22,25-26H,1-3,10-11,13,16H2,(H2,35,39)(H,36,40)/t22-,25?,26?/m0/s1. The van der Waals surface area contributed by atoms with Gasteiger partial charge in [0.25, 0.3) is 5.56 Å². The molecule has 1 aromatic heterocycles. The maximum Gasteiger partial charge on any atom is 0.414 e. The first kappa shape index (κ1) is 29.8. The van der Waals surface area contributed by atoms with Crippen molar-refractivity contribution in [3.63, 3.8) is 0 Å². The lowest BCUT2D eigenvalue weighted by Gasteiger charge is -2.29. The molecule has 222 valence electrons. The van der Waals surface area contributed by atoms with Crippen LogP contribution in [-0.4, -0.2) is 41.4 Å². The van der Waals surface area contributed by atoms with E-state index < -0.39 is 48.7 Å². The monoisotopic (exact) mass is 603 g/mol. The number of anilines is 1. The Kier molecular flexibility index (Phi) is 8.72. The molecular formula is C30H29ClF3N3O5. The molecule has 3 atom stereocenters. The summed E-state index contributed by atoms with van der Waals surface area (Å²) >= 11 is 6.21. The van der Waals surface area contributed by atoms with E-state index >= 15 is 0 Å². The van der Waals surface area contributed by atoms with Gasteiger partial charge in [0.15, 0.2) is 6.10 Å². The number of fused-ring (bicyclic) bond motifs is 3. The Morgan fingerprint density at radius 1 is 1.05 bits per heavy atom. The largest absolute Gasteiger partial charge is 0.414 e. The van der Waals surface area contributed by atoms with Crippen LogP contribution in [0.3, 0.4) is 0 Å². The lowest BCUT2D eigenvalue weighted by molar-refractivity contribution is -0.223. The number of nitrogens with zero attached hydrogens (tertiary/aromatic N) is 1. The van der Waals surface area contributed by atoms with Crippen molar-refractivity contribution in [1.82, 2.24) is 4.57 Å². The van der Waals surface area contributed by atoms with Crippen molar-refractivity contribution in [3.05, 3.63) is 86.8 Å². The number of halogens is 4. The molecule has 3 N–H and O–H groups in total. The van der Waals surface area contributed by atoms with Crippen molar-refractivity contribution in [3.8, 4) is 11.1 Å². The smallest absolute Gasteiger partial charge is 0.378 e. The number of alkyl halides is 3. The molecule has 3 heterocycles. The Labute approximate surface area is 244 Å². The van der Waals surface area contributed by atoms with E-state index in [2.05, 4.69) is 5.32 Å². The predicted octanol–water partition coefficient (Wildman–Crippen LogP) is 5.41. The molecule has 3 aromatic rings. The second-order valence-corrected chi connectivity index (χ2v) is 10.9. The molecule has 0 bridgehead atoms. The van der Waals surface area contributed by atoms with Crippen LogP contribution in [0.4, 0.5) is 18.9 Å².